The van der Waals surface area contributed by atoms with E-state index in [0.29, 0.717) is 5.95 Å². The van der Waals surface area contributed by atoms with E-state index in [-0.39, 0.29) is 12.1 Å². The molecule has 0 amide bonds. The van der Waals surface area contributed by atoms with E-state index in [9.17, 15) is 5.11 Å². The summed E-state index contributed by atoms with van der Waals surface area (Å²) in [5.41, 5.74) is 0.575. The Morgan fingerprint density at radius 1 is 1.44 bits per heavy atom. The maximum atomic E-state index is 9.20. The number of aliphatic hydroxyl groups excluding tert-OH is 1. The molecule has 3 N–H and O–H groups in total. The van der Waals surface area contributed by atoms with Crippen molar-refractivity contribution in [2.45, 2.75) is 33.2 Å². The van der Waals surface area contributed by atoms with Gasteiger partial charge in [0.15, 0.2) is 0 Å². The number of aryl methyl sites for hydroxylation is 1. The van der Waals surface area contributed by atoms with Gasteiger partial charge in [0, 0.05) is 18.3 Å². The minimum atomic E-state index is -0.386. The van der Waals surface area contributed by atoms with Crippen LogP contribution in [0.3, 0.4) is 0 Å². The maximum Gasteiger partial charge on any atom is 0.224 e. The van der Waals surface area contributed by atoms with Gasteiger partial charge in [-0.15, -0.1) is 0 Å². The fourth-order valence-electron chi connectivity index (χ4n) is 1.17. The fourth-order valence-corrected chi connectivity index (χ4v) is 1.17. The molecule has 0 radical (unpaired) electrons. The summed E-state index contributed by atoms with van der Waals surface area (Å²) < 4.78 is 0. The highest BCUT2D eigenvalue weighted by molar-refractivity contribution is 5.48. The monoisotopic (exact) mass is 224 g/mol. The molecule has 0 aromatic carbocycles. The Labute approximate surface area is 96.3 Å². The van der Waals surface area contributed by atoms with Gasteiger partial charge >= 0.3 is 0 Å². The summed E-state index contributed by atoms with van der Waals surface area (Å²) in [5.74, 6) is 1.36. The van der Waals surface area contributed by atoms with Gasteiger partial charge in [0.2, 0.25) is 5.95 Å². The highest BCUT2D eigenvalue weighted by Crippen LogP contribution is 2.17. The van der Waals surface area contributed by atoms with Gasteiger partial charge in [0.05, 0.1) is 12.1 Å². The van der Waals surface area contributed by atoms with Crippen LogP contribution < -0.4 is 10.6 Å². The molecule has 16 heavy (non-hydrogen) atoms. The number of anilines is 2. The second kappa shape index (κ2) is 5.12. The van der Waals surface area contributed by atoms with Gasteiger partial charge in [0.25, 0.3) is 0 Å². The fraction of sp³-hybridized carbons (Fsp3) is 0.636. The number of hydrogen-bond acceptors (Lipinski definition) is 5. The van der Waals surface area contributed by atoms with Crippen LogP contribution in [0.5, 0.6) is 0 Å². The topological polar surface area (TPSA) is 70.1 Å². The highest BCUT2D eigenvalue weighted by Gasteiger charge is 2.17. The zero-order valence-corrected chi connectivity index (χ0v) is 10.3. The molecular weight excluding hydrogens is 204 g/mol. The number of nitrogens with one attached hydrogen (secondary N) is 2. The molecule has 0 unspecified atom stereocenters. The van der Waals surface area contributed by atoms with Crippen LogP contribution in [0.1, 0.15) is 26.3 Å². The third-order valence-corrected chi connectivity index (χ3v) is 2.16. The standard InChI is InChI=1S/C11H20N4O/c1-5-12-10-13-6-8(2)9(14-10)15-11(3,4)7-16/h6,16H,5,7H2,1-4H3,(H2,12,13,14,15). The third-order valence-electron chi connectivity index (χ3n) is 2.16. The molecule has 5 nitrogen and oxygen atoms in total. The number of aromatic nitrogens is 2. The van der Waals surface area contributed by atoms with Gasteiger partial charge < -0.3 is 15.7 Å². The molecule has 1 aromatic rings. The predicted molar refractivity (Wildman–Crippen MR) is 65.7 cm³/mol. The molecule has 0 fully saturated rings. The molecule has 0 atom stereocenters. The summed E-state index contributed by atoms with van der Waals surface area (Å²) in [4.78, 5) is 8.51. The van der Waals surface area contributed by atoms with Crippen molar-refractivity contribution in [3.8, 4) is 0 Å². The normalized spacial score (nSPS) is 11.3. The van der Waals surface area contributed by atoms with Crippen molar-refractivity contribution in [1.82, 2.24) is 9.97 Å². The van der Waals surface area contributed by atoms with Crippen LogP contribution in [0.15, 0.2) is 6.20 Å². The molecule has 0 spiro atoms. The second-order valence-corrected chi connectivity index (χ2v) is 4.42. The Bertz CT molecular complexity index is 352. The highest BCUT2D eigenvalue weighted by atomic mass is 16.3. The molecule has 0 bridgehead atoms. The minimum Gasteiger partial charge on any atom is -0.394 e. The first-order chi connectivity index (χ1) is 7.48. The van der Waals surface area contributed by atoms with Crippen LogP contribution >= 0.6 is 0 Å². The number of nitrogens with zero attached hydrogens (tertiary/aromatic N) is 2. The zero-order valence-electron chi connectivity index (χ0n) is 10.3. The molecule has 1 heterocycles. The second-order valence-electron chi connectivity index (χ2n) is 4.42. The molecule has 0 aliphatic rings. The average Bonchev–Trinajstić information content (AvgIpc) is 2.23. The van der Waals surface area contributed by atoms with Crippen LogP contribution in [-0.2, 0) is 0 Å². The lowest BCUT2D eigenvalue weighted by atomic mass is 10.1. The zero-order chi connectivity index (χ0) is 12.2. The summed E-state index contributed by atoms with van der Waals surface area (Å²) >= 11 is 0. The van der Waals surface area contributed by atoms with Crippen LogP contribution in [-0.4, -0.2) is 33.8 Å². The van der Waals surface area contributed by atoms with E-state index in [1.165, 1.54) is 0 Å². The predicted octanol–water partition coefficient (Wildman–Crippen LogP) is 1.40. The smallest absolute Gasteiger partial charge is 0.224 e. The van der Waals surface area contributed by atoms with Crippen molar-refractivity contribution >= 4 is 11.8 Å². The molecule has 0 saturated heterocycles. The molecule has 0 aliphatic carbocycles. The average molecular weight is 224 g/mol. The van der Waals surface area contributed by atoms with E-state index < -0.39 is 0 Å². The number of rotatable bonds is 5. The quantitative estimate of drug-likeness (QED) is 0.705. The van der Waals surface area contributed by atoms with Crippen LogP contribution in [0.25, 0.3) is 0 Å². The Hall–Kier alpha value is -1.36. The minimum absolute atomic E-state index is 0.0486. The van der Waals surface area contributed by atoms with E-state index in [2.05, 4.69) is 20.6 Å². The first-order valence-corrected chi connectivity index (χ1v) is 5.45. The molecule has 1 aromatic heterocycles. The van der Waals surface area contributed by atoms with Gasteiger partial charge in [-0.25, -0.2) is 4.98 Å². The Morgan fingerprint density at radius 3 is 2.69 bits per heavy atom. The van der Waals surface area contributed by atoms with Crippen LogP contribution in [0.4, 0.5) is 11.8 Å². The molecule has 90 valence electrons. The molecule has 0 saturated carbocycles. The summed E-state index contributed by atoms with van der Waals surface area (Å²) in [6.45, 7) is 8.60. The largest absolute Gasteiger partial charge is 0.394 e. The maximum absolute atomic E-state index is 9.20. The first kappa shape index (κ1) is 12.7. The number of hydrogen-bond donors (Lipinski definition) is 3. The SMILES string of the molecule is CCNc1ncc(C)c(NC(C)(C)CO)n1. The van der Waals surface area contributed by atoms with E-state index >= 15 is 0 Å². The van der Waals surface area contributed by atoms with Gasteiger partial charge in [-0.3, -0.25) is 0 Å². The Morgan fingerprint density at radius 2 is 2.12 bits per heavy atom. The lowest BCUT2D eigenvalue weighted by Crippen LogP contribution is -2.35. The van der Waals surface area contributed by atoms with Crippen molar-refractivity contribution in [3.63, 3.8) is 0 Å². The summed E-state index contributed by atoms with van der Waals surface area (Å²) in [7, 11) is 0. The van der Waals surface area contributed by atoms with Gasteiger partial charge in [-0.2, -0.15) is 4.98 Å². The van der Waals surface area contributed by atoms with Crippen LogP contribution in [0, 0.1) is 6.92 Å². The van der Waals surface area contributed by atoms with Crippen molar-refractivity contribution in [3.05, 3.63) is 11.8 Å². The van der Waals surface area contributed by atoms with Crippen molar-refractivity contribution in [2.24, 2.45) is 0 Å². The van der Waals surface area contributed by atoms with Gasteiger partial charge in [-0.1, -0.05) is 0 Å². The van der Waals surface area contributed by atoms with Crippen molar-refractivity contribution < 1.29 is 5.11 Å². The third kappa shape index (κ3) is 3.34. The Balaban J connectivity index is 2.89. The summed E-state index contributed by atoms with van der Waals surface area (Å²) in [6.07, 6.45) is 1.76. The Kier molecular flexibility index (Phi) is 4.06. The number of aliphatic hydroxyl groups is 1. The summed E-state index contributed by atoms with van der Waals surface area (Å²) in [5, 5.41) is 15.4. The van der Waals surface area contributed by atoms with E-state index in [1.807, 2.05) is 27.7 Å². The molecule has 0 aliphatic heterocycles. The molecular formula is C11H20N4O. The van der Waals surface area contributed by atoms with Crippen LogP contribution in [0.2, 0.25) is 0 Å². The van der Waals surface area contributed by atoms with Crippen molar-refractivity contribution in [1.29, 1.82) is 0 Å². The van der Waals surface area contributed by atoms with Gasteiger partial charge in [0.1, 0.15) is 5.82 Å². The molecule has 5 heteroatoms. The lowest BCUT2D eigenvalue weighted by Gasteiger charge is -2.25. The van der Waals surface area contributed by atoms with E-state index in [1.54, 1.807) is 6.20 Å². The first-order valence-electron chi connectivity index (χ1n) is 5.45. The van der Waals surface area contributed by atoms with E-state index in [4.69, 9.17) is 0 Å². The summed E-state index contributed by atoms with van der Waals surface area (Å²) in [6, 6.07) is 0. The van der Waals surface area contributed by atoms with E-state index in [0.717, 1.165) is 17.9 Å². The molecule has 1 rings (SSSR count). The van der Waals surface area contributed by atoms with Gasteiger partial charge in [-0.05, 0) is 27.7 Å². The lowest BCUT2D eigenvalue weighted by molar-refractivity contribution is 0.234. The van der Waals surface area contributed by atoms with Crippen molar-refractivity contribution in [2.75, 3.05) is 23.8 Å².